The molecule has 1 N–H and O–H groups in total. The summed E-state index contributed by atoms with van der Waals surface area (Å²) in [6, 6.07) is 7.15. The van der Waals surface area contributed by atoms with E-state index in [1.165, 1.54) is 20.9 Å². The number of carbonyl (C=O) groups excluding carboxylic acids is 1. The molecule has 0 fully saturated rings. The Balaban J connectivity index is 1.92. The van der Waals surface area contributed by atoms with E-state index in [1.807, 2.05) is 26.0 Å². The molecule has 0 aliphatic carbocycles. The summed E-state index contributed by atoms with van der Waals surface area (Å²) in [4.78, 5) is 45.2. The maximum atomic E-state index is 12.7. The van der Waals surface area contributed by atoms with Gasteiger partial charge in [0.2, 0.25) is 0 Å². The van der Waals surface area contributed by atoms with Crippen molar-refractivity contribution >= 4 is 44.6 Å². The van der Waals surface area contributed by atoms with Gasteiger partial charge in [-0.2, -0.15) is 0 Å². The maximum Gasteiger partial charge on any atom is 0.332 e. The van der Waals surface area contributed by atoms with Crippen LogP contribution in [0.25, 0.3) is 11.2 Å². The van der Waals surface area contributed by atoms with Crippen molar-refractivity contribution in [1.82, 2.24) is 19.1 Å². The highest BCUT2D eigenvalue weighted by Gasteiger charge is 2.17. The van der Waals surface area contributed by atoms with Gasteiger partial charge in [0.1, 0.15) is 0 Å². The lowest BCUT2D eigenvalue weighted by Gasteiger charge is -2.09. The van der Waals surface area contributed by atoms with Gasteiger partial charge in [-0.15, -0.1) is 0 Å². The van der Waals surface area contributed by atoms with Crippen molar-refractivity contribution in [3.63, 3.8) is 0 Å². The number of imidazole rings is 1. The summed E-state index contributed by atoms with van der Waals surface area (Å²) >= 11 is 4.57. The zero-order valence-electron chi connectivity index (χ0n) is 15.7. The van der Waals surface area contributed by atoms with Crippen LogP contribution in [0.1, 0.15) is 37.0 Å². The zero-order chi connectivity index (χ0) is 20.3. The summed E-state index contributed by atoms with van der Waals surface area (Å²) in [5.41, 5.74) is 0.561. The predicted octanol–water partition coefficient (Wildman–Crippen LogP) is 3.44. The number of rotatable bonds is 8. The summed E-state index contributed by atoms with van der Waals surface area (Å²) in [6.07, 6.45) is 1.43. The molecule has 0 aliphatic rings. The fraction of sp³-hybridized carbons (Fsp3) is 0.368. The standard InChI is InChI=1S/C19H21BrN4O3S/c1-3-9-23-16-15(17(26)24(10-4-2)19(23)27)21-18(22-16)28-11-14(25)12-5-7-13(20)8-6-12/h5-8H,3-4,9-11H2,1-2H3,(H,21,22). The lowest BCUT2D eigenvalue weighted by molar-refractivity contribution is 0.102. The fourth-order valence-electron chi connectivity index (χ4n) is 2.91. The van der Waals surface area contributed by atoms with Crippen molar-refractivity contribution < 1.29 is 4.79 Å². The van der Waals surface area contributed by atoms with Crippen molar-refractivity contribution in [2.75, 3.05) is 5.75 Å². The molecule has 7 nitrogen and oxygen atoms in total. The minimum absolute atomic E-state index is 0.0349. The number of thioether (sulfide) groups is 1. The summed E-state index contributed by atoms with van der Waals surface area (Å²) in [7, 11) is 0. The van der Waals surface area contributed by atoms with E-state index in [9.17, 15) is 14.4 Å². The van der Waals surface area contributed by atoms with Gasteiger partial charge in [0.05, 0.1) is 5.75 Å². The number of carbonyl (C=O) groups is 1. The van der Waals surface area contributed by atoms with Gasteiger partial charge in [0, 0.05) is 23.1 Å². The fourth-order valence-corrected chi connectivity index (χ4v) is 3.94. The Morgan fingerprint density at radius 1 is 1.11 bits per heavy atom. The molecule has 9 heteroatoms. The van der Waals surface area contributed by atoms with Crippen LogP contribution < -0.4 is 11.2 Å². The average molecular weight is 465 g/mol. The normalized spacial score (nSPS) is 11.2. The van der Waals surface area contributed by atoms with Gasteiger partial charge >= 0.3 is 5.69 Å². The van der Waals surface area contributed by atoms with E-state index in [0.29, 0.717) is 41.4 Å². The molecule has 0 radical (unpaired) electrons. The highest BCUT2D eigenvalue weighted by molar-refractivity contribution is 9.10. The topological polar surface area (TPSA) is 89.8 Å². The van der Waals surface area contributed by atoms with E-state index in [4.69, 9.17) is 0 Å². The van der Waals surface area contributed by atoms with Crippen LogP contribution in [0.15, 0.2) is 43.5 Å². The Hall–Kier alpha value is -2.13. The second-order valence-electron chi connectivity index (χ2n) is 6.35. The Morgan fingerprint density at radius 2 is 1.75 bits per heavy atom. The monoisotopic (exact) mass is 464 g/mol. The third-order valence-corrected chi connectivity index (χ3v) is 5.64. The number of Topliss-reactive ketones (excluding diaryl/α,β-unsaturated/α-hetero) is 1. The van der Waals surface area contributed by atoms with E-state index < -0.39 is 0 Å². The number of aromatic nitrogens is 4. The van der Waals surface area contributed by atoms with Crippen LogP contribution in [0.5, 0.6) is 0 Å². The molecule has 2 aromatic heterocycles. The van der Waals surface area contributed by atoms with Gasteiger partial charge in [-0.3, -0.25) is 18.7 Å². The summed E-state index contributed by atoms with van der Waals surface area (Å²) in [5.74, 6) is 0.148. The lowest BCUT2D eigenvalue weighted by Crippen LogP contribution is -2.40. The summed E-state index contributed by atoms with van der Waals surface area (Å²) in [5, 5.41) is 0.455. The van der Waals surface area contributed by atoms with Crippen LogP contribution >= 0.6 is 27.7 Å². The number of fused-ring (bicyclic) bond motifs is 1. The molecule has 148 valence electrons. The van der Waals surface area contributed by atoms with Crippen LogP contribution in [-0.4, -0.2) is 30.6 Å². The van der Waals surface area contributed by atoms with Gasteiger partial charge in [0.25, 0.3) is 5.56 Å². The second kappa shape index (κ2) is 8.91. The molecule has 0 atom stereocenters. The number of hydrogen-bond acceptors (Lipinski definition) is 5. The van der Waals surface area contributed by atoms with Gasteiger partial charge in [-0.05, 0) is 25.0 Å². The number of aromatic amines is 1. The number of ketones is 1. The van der Waals surface area contributed by atoms with E-state index in [-0.39, 0.29) is 22.8 Å². The molecule has 28 heavy (non-hydrogen) atoms. The molecule has 0 saturated carbocycles. The molecular weight excluding hydrogens is 444 g/mol. The molecule has 0 bridgehead atoms. The first-order valence-electron chi connectivity index (χ1n) is 9.11. The SMILES string of the molecule is CCCn1c(=O)c2[nH]c(SCC(=O)c3ccc(Br)cc3)nc2n(CCC)c1=O. The number of nitrogens with one attached hydrogen (secondary N) is 1. The van der Waals surface area contributed by atoms with Gasteiger partial charge in [0.15, 0.2) is 22.1 Å². The van der Waals surface area contributed by atoms with Gasteiger partial charge < -0.3 is 4.98 Å². The Kier molecular flexibility index (Phi) is 6.56. The molecule has 2 heterocycles. The third-order valence-electron chi connectivity index (χ3n) is 4.24. The van der Waals surface area contributed by atoms with E-state index in [0.717, 1.165) is 10.9 Å². The summed E-state index contributed by atoms with van der Waals surface area (Å²) < 4.78 is 3.69. The summed E-state index contributed by atoms with van der Waals surface area (Å²) in [6.45, 7) is 4.72. The molecule has 0 amide bonds. The molecular formula is C19H21BrN4O3S. The number of nitrogens with zero attached hydrogens (tertiary/aromatic N) is 3. The highest BCUT2D eigenvalue weighted by atomic mass is 79.9. The number of aryl methyl sites for hydroxylation is 1. The Morgan fingerprint density at radius 3 is 2.39 bits per heavy atom. The molecule has 0 aliphatic heterocycles. The smallest absolute Gasteiger partial charge is 0.327 e. The zero-order valence-corrected chi connectivity index (χ0v) is 18.1. The average Bonchev–Trinajstić information content (AvgIpc) is 3.11. The molecule has 0 spiro atoms. The van der Waals surface area contributed by atoms with Crippen molar-refractivity contribution in [3.8, 4) is 0 Å². The Bertz CT molecular complexity index is 1120. The van der Waals surface area contributed by atoms with E-state index in [2.05, 4.69) is 25.9 Å². The maximum absolute atomic E-state index is 12.7. The van der Waals surface area contributed by atoms with Gasteiger partial charge in [-0.1, -0.05) is 53.7 Å². The molecule has 0 saturated heterocycles. The number of hydrogen-bond donors (Lipinski definition) is 1. The molecule has 1 aromatic carbocycles. The van der Waals surface area contributed by atoms with Crippen molar-refractivity contribution in [3.05, 3.63) is 55.1 Å². The predicted molar refractivity (Wildman–Crippen MR) is 114 cm³/mol. The van der Waals surface area contributed by atoms with Crippen LogP contribution in [0.3, 0.4) is 0 Å². The first-order valence-corrected chi connectivity index (χ1v) is 10.9. The largest absolute Gasteiger partial charge is 0.332 e. The molecule has 3 rings (SSSR count). The lowest BCUT2D eigenvalue weighted by atomic mass is 10.2. The minimum Gasteiger partial charge on any atom is -0.327 e. The first-order chi connectivity index (χ1) is 13.5. The second-order valence-corrected chi connectivity index (χ2v) is 8.23. The van der Waals surface area contributed by atoms with Gasteiger partial charge in [-0.25, -0.2) is 9.78 Å². The van der Waals surface area contributed by atoms with Crippen LogP contribution in [-0.2, 0) is 13.1 Å². The van der Waals surface area contributed by atoms with Crippen molar-refractivity contribution in [2.45, 2.75) is 44.9 Å². The van der Waals surface area contributed by atoms with E-state index in [1.54, 1.807) is 12.1 Å². The van der Waals surface area contributed by atoms with Crippen LogP contribution in [0.2, 0.25) is 0 Å². The Labute approximate surface area is 174 Å². The molecule has 0 unspecified atom stereocenters. The van der Waals surface area contributed by atoms with E-state index >= 15 is 0 Å². The minimum atomic E-state index is -0.368. The first kappa shape index (κ1) is 20.6. The number of benzene rings is 1. The third kappa shape index (κ3) is 4.15. The number of H-pyrrole nitrogens is 1. The highest BCUT2D eigenvalue weighted by Crippen LogP contribution is 2.19. The number of halogens is 1. The van der Waals surface area contributed by atoms with Crippen molar-refractivity contribution in [2.24, 2.45) is 0 Å². The quantitative estimate of drug-likeness (QED) is 0.407. The van der Waals surface area contributed by atoms with Crippen LogP contribution in [0, 0.1) is 0 Å². The van der Waals surface area contributed by atoms with Crippen molar-refractivity contribution in [1.29, 1.82) is 0 Å². The van der Waals surface area contributed by atoms with Crippen LogP contribution in [0.4, 0.5) is 0 Å². The molecule has 3 aromatic rings.